The quantitative estimate of drug-likeness (QED) is 0.270. The number of carbonyl (C=O) groups excluding carboxylic acids is 1. The van der Waals surface area contributed by atoms with Gasteiger partial charge < -0.3 is 15.0 Å². The third kappa shape index (κ3) is 6.70. The first-order valence-electron chi connectivity index (χ1n) is 11.7. The number of carbonyl (C=O) groups is 1. The molecule has 1 aromatic heterocycles. The maximum Gasteiger partial charge on any atom is 0.248 e. The van der Waals surface area contributed by atoms with E-state index in [2.05, 4.69) is 54.7 Å². The van der Waals surface area contributed by atoms with Crippen molar-refractivity contribution in [1.29, 1.82) is 0 Å². The van der Waals surface area contributed by atoms with Crippen LogP contribution in [0.2, 0.25) is 0 Å². The van der Waals surface area contributed by atoms with Crippen molar-refractivity contribution >= 4 is 11.6 Å². The molecule has 0 bridgehead atoms. The maximum absolute atomic E-state index is 12.2. The normalized spacial score (nSPS) is 19.3. The highest BCUT2D eigenvalue weighted by molar-refractivity contribution is 6.00. The van der Waals surface area contributed by atoms with Crippen LogP contribution >= 0.6 is 0 Å². The van der Waals surface area contributed by atoms with Gasteiger partial charge >= 0.3 is 0 Å². The Morgan fingerprint density at radius 1 is 1.18 bits per heavy atom. The summed E-state index contributed by atoms with van der Waals surface area (Å²) in [7, 11) is 0. The fraction of sp³-hybridized carbons (Fsp3) is 0.310. The standard InChI is InChI=1S/C29H35N3O2/c1-21(7-6-8-22(2)19-28(34)31-24-10-12-25(33)13-11-24)9-14-26-23(3)27(15-16-29(26,4)5)32-18-17-30-20-32/h6-14,17-20,27,33H,15-16H2,1-5H3,(H,31,34)/b8-6?,14-9+,21-7+,22-19?. The Bertz CT molecular complexity index is 1140. The van der Waals surface area contributed by atoms with E-state index in [1.807, 2.05) is 43.9 Å². The van der Waals surface area contributed by atoms with E-state index >= 15 is 0 Å². The van der Waals surface area contributed by atoms with Crippen molar-refractivity contribution in [3.8, 4) is 5.75 Å². The van der Waals surface area contributed by atoms with Gasteiger partial charge in [0, 0.05) is 24.2 Å². The highest BCUT2D eigenvalue weighted by Gasteiger charge is 2.32. The molecule has 0 spiro atoms. The van der Waals surface area contributed by atoms with E-state index in [4.69, 9.17) is 0 Å². The Kier molecular flexibility index (Phi) is 8.11. The number of hydrogen-bond acceptors (Lipinski definition) is 3. The van der Waals surface area contributed by atoms with Gasteiger partial charge in [0.2, 0.25) is 5.91 Å². The van der Waals surface area contributed by atoms with Gasteiger partial charge in [0.05, 0.1) is 12.4 Å². The minimum absolute atomic E-state index is 0.137. The molecule has 2 N–H and O–H groups in total. The van der Waals surface area contributed by atoms with Gasteiger partial charge in [-0.05, 0) is 80.0 Å². The van der Waals surface area contributed by atoms with Gasteiger partial charge in [0.1, 0.15) is 5.75 Å². The Hall–Kier alpha value is -3.60. The summed E-state index contributed by atoms with van der Waals surface area (Å²) in [5.74, 6) is -0.0387. The molecule has 1 unspecified atom stereocenters. The zero-order valence-electron chi connectivity index (χ0n) is 20.7. The van der Waals surface area contributed by atoms with Crippen LogP contribution in [0, 0.1) is 5.41 Å². The minimum atomic E-state index is -0.206. The molecule has 0 fully saturated rings. The smallest absolute Gasteiger partial charge is 0.248 e. The molecule has 1 heterocycles. The van der Waals surface area contributed by atoms with Gasteiger partial charge in [0.15, 0.2) is 0 Å². The van der Waals surface area contributed by atoms with E-state index in [0.29, 0.717) is 11.7 Å². The largest absolute Gasteiger partial charge is 0.508 e. The minimum Gasteiger partial charge on any atom is -0.508 e. The molecule has 1 aromatic carbocycles. The van der Waals surface area contributed by atoms with Crippen molar-refractivity contribution in [1.82, 2.24) is 9.55 Å². The molecule has 178 valence electrons. The summed E-state index contributed by atoms with van der Waals surface area (Å²) in [4.78, 5) is 16.4. The van der Waals surface area contributed by atoms with Crippen LogP contribution in [0.3, 0.4) is 0 Å². The first-order valence-corrected chi connectivity index (χ1v) is 11.7. The molecule has 0 radical (unpaired) electrons. The van der Waals surface area contributed by atoms with E-state index in [0.717, 1.165) is 24.0 Å². The van der Waals surface area contributed by atoms with Crippen molar-refractivity contribution in [2.75, 3.05) is 5.32 Å². The third-order valence-electron chi connectivity index (χ3n) is 6.31. The maximum atomic E-state index is 12.2. The molecule has 1 atom stereocenters. The lowest BCUT2D eigenvalue weighted by Crippen LogP contribution is -2.25. The number of phenols is 1. The molecular weight excluding hydrogens is 422 g/mol. The number of allylic oxidation sites excluding steroid dienone is 9. The Labute approximate surface area is 202 Å². The average Bonchev–Trinajstić information content (AvgIpc) is 3.29. The monoisotopic (exact) mass is 457 g/mol. The van der Waals surface area contributed by atoms with Gasteiger partial charge in [-0.15, -0.1) is 0 Å². The number of amides is 1. The highest BCUT2D eigenvalue weighted by Crippen LogP contribution is 2.45. The van der Waals surface area contributed by atoms with Crippen LogP contribution < -0.4 is 5.32 Å². The van der Waals surface area contributed by atoms with Gasteiger partial charge in [-0.1, -0.05) is 49.8 Å². The molecule has 1 aliphatic rings. The number of rotatable bonds is 7. The first kappa shape index (κ1) is 25.0. The van der Waals surface area contributed by atoms with Crippen LogP contribution in [0.15, 0.2) is 102 Å². The molecule has 5 heteroatoms. The lowest BCUT2D eigenvalue weighted by Gasteiger charge is -2.37. The number of benzene rings is 1. The van der Waals surface area contributed by atoms with Crippen LogP contribution in [0.1, 0.15) is 53.5 Å². The first-order chi connectivity index (χ1) is 16.2. The summed E-state index contributed by atoms with van der Waals surface area (Å²) < 4.78 is 2.21. The average molecular weight is 458 g/mol. The lowest BCUT2D eigenvalue weighted by molar-refractivity contribution is -0.111. The van der Waals surface area contributed by atoms with Crippen molar-refractivity contribution in [2.24, 2.45) is 5.41 Å². The molecule has 0 saturated carbocycles. The number of aromatic nitrogens is 2. The van der Waals surface area contributed by atoms with Crippen LogP contribution in [0.25, 0.3) is 0 Å². The van der Waals surface area contributed by atoms with Crippen molar-refractivity contribution in [3.05, 3.63) is 102 Å². The summed E-state index contributed by atoms with van der Waals surface area (Å²) in [6, 6.07) is 6.76. The molecule has 2 aromatic rings. The molecular formula is C29H35N3O2. The molecule has 1 amide bonds. The van der Waals surface area contributed by atoms with Crippen LogP contribution in [0.5, 0.6) is 5.75 Å². The van der Waals surface area contributed by atoms with E-state index in [1.165, 1.54) is 23.3 Å². The molecule has 0 aliphatic heterocycles. The summed E-state index contributed by atoms with van der Waals surface area (Å²) >= 11 is 0. The summed E-state index contributed by atoms with van der Waals surface area (Å²) in [5.41, 5.74) is 5.54. The van der Waals surface area contributed by atoms with Gasteiger partial charge in [-0.3, -0.25) is 4.79 Å². The Morgan fingerprint density at radius 2 is 1.91 bits per heavy atom. The summed E-state index contributed by atoms with van der Waals surface area (Å²) in [6.45, 7) is 10.8. The van der Waals surface area contributed by atoms with E-state index in [9.17, 15) is 9.90 Å². The second kappa shape index (κ2) is 11.0. The number of phenolic OH excluding ortho intramolecular Hbond substituents is 1. The Balaban J connectivity index is 1.65. The van der Waals surface area contributed by atoms with Crippen molar-refractivity contribution in [2.45, 2.75) is 53.5 Å². The number of imidazole rings is 1. The second-order valence-corrected chi connectivity index (χ2v) is 9.57. The predicted octanol–water partition coefficient (Wildman–Crippen LogP) is 6.91. The molecule has 1 aliphatic carbocycles. The summed E-state index contributed by atoms with van der Waals surface area (Å²) in [5, 5.41) is 12.1. The number of nitrogens with one attached hydrogen (secondary N) is 1. The Morgan fingerprint density at radius 3 is 2.59 bits per heavy atom. The van der Waals surface area contributed by atoms with E-state index in [-0.39, 0.29) is 17.1 Å². The molecule has 5 nitrogen and oxygen atoms in total. The lowest BCUT2D eigenvalue weighted by atomic mass is 9.71. The van der Waals surface area contributed by atoms with E-state index in [1.54, 1.807) is 18.2 Å². The fourth-order valence-corrected chi connectivity index (χ4v) is 4.35. The molecule has 3 rings (SSSR count). The topological polar surface area (TPSA) is 67.2 Å². The molecule has 34 heavy (non-hydrogen) atoms. The number of hydrogen-bond donors (Lipinski definition) is 2. The van der Waals surface area contributed by atoms with Crippen LogP contribution in [-0.2, 0) is 4.79 Å². The van der Waals surface area contributed by atoms with Gasteiger partial charge in [-0.2, -0.15) is 0 Å². The second-order valence-electron chi connectivity index (χ2n) is 9.57. The summed E-state index contributed by atoms with van der Waals surface area (Å²) in [6.07, 6.45) is 19.9. The zero-order valence-corrected chi connectivity index (χ0v) is 20.7. The van der Waals surface area contributed by atoms with Gasteiger partial charge in [-0.25, -0.2) is 4.98 Å². The van der Waals surface area contributed by atoms with Gasteiger partial charge in [0.25, 0.3) is 0 Å². The highest BCUT2D eigenvalue weighted by atomic mass is 16.3. The fourth-order valence-electron chi connectivity index (χ4n) is 4.35. The number of anilines is 1. The number of nitrogens with zero attached hydrogens (tertiary/aromatic N) is 2. The zero-order chi connectivity index (χ0) is 24.7. The van der Waals surface area contributed by atoms with E-state index < -0.39 is 0 Å². The van der Waals surface area contributed by atoms with Crippen molar-refractivity contribution in [3.63, 3.8) is 0 Å². The van der Waals surface area contributed by atoms with Crippen LogP contribution in [0.4, 0.5) is 5.69 Å². The molecule has 0 saturated heterocycles. The third-order valence-corrected chi connectivity index (χ3v) is 6.31. The van der Waals surface area contributed by atoms with Crippen molar-refractivity contribution < 1.29 is 9.90 Å². The SMILES string of the molecule is CC(C=C/C=C(C)/C=C/C1=C(C)C(n2ccnc2)CCC1(C)C)=CC(=O)Nc1ccc(O)cc1. The number of aromatic hydroxyl groups is 1. The van der Waals surface area contributed by atoms with Crippen LogP contribution in [-0.4, -0.2) is 20.6 Å². The predicted molar refractivity (Wildman–Crippen MR) is 140 cm³/mol.